The van der Waals surface area contributed by atoms with Crippen molar-refractivity contribution >= 4 is 17.7 Å². The third-order valence-electron chi connectivity index (χ3n) is 14.7. The molecule has 5 aliphatic rings. The third kappa shape index (κ3) is 4.52. The van der Waals surface area contributed by atoms with Crippen LogP contribution in [0.15, 0.2) is 11.1 Å². The van der Waals surface area contributed by atoms with Crippen LogP contribution in [0, 0.1) is 56.2 Å². The fraction of sp³-hybridized carbons (Fsp3) is 0.865. The first-order valence-electron chi connectivity index (χ1n) is 17.3. The lowest BCUT2D eigenvalue weighted by molar-refractivity contribution is -0.235. The Labute approximate surface area is 265 Å². The van der Waals surface area contributed by atoms with Crippen molar-refractivity contribution in [1.29, 1.82) is 0 Å². The molecule has 4 N–H and O–H groups in total. The number of allylic oxidation sites excluding steroid dienone is 1. The van der Waals surface area contributed by atoms with Gasteiger partial charge in [0.1, 0.15) is 6.10 Å². The van der Waals surface area contributed by atoms with Crippen molar-refractivity contribution < 1.29 is 29.3 Å². The number of esters is 1. The van der Waals surface area contributed by atoms with Crippen molar-refractivity contribution in [2.24, 2.45) is 61.9 Å². The second kappa shape index (κ2) is 10.7. The summed E-state index contributed by atoms with van der Waals surface area (Å²) in [6.45, 7) is 19.7. The van der Waals surface area contributed by atoms with Crippen LogP contribution in [-0.4, -0.2) is 46.7 Å². The number of hydrogen-bond donors (Lipinski definition) is 3. The zero-order valence-corrected chi connectivity index (χ0v) is 28.8. The quantitative estimate of drug-likeness (QED) is 0.273. The molecular formula is C37H59NO6. The van der Waals surface area contributed by atoms with E-state index in [1.54, 1.807) is 13.8 Å². The lowest BCUT2D eigenvalue weighted by Crippen LogP contribution is -2.66. The van der Waals surface area contributed by atoms with Gasteiger partial charge in [-0.05, 0) is 111 Å². The van der Waals surface area contributed by atoms with Crippen molar-refractivity contribution in [2.75, 3.05) is 6.54 Å². The average Bonchev–Trinajstić information content (AvgIpc) is 3.23. The van der Waals surface area contributed by atoms with E-state index >= 15 is 0 Å². The zero-order chi connectivity index (χ0) is 32.8. The molecule has 4 fully saturated rings. The van der Waals surface area contributed by atoms with Crippen LogP contribution in [0.5, 0.6) is 0 Å². The molecular weight excluding hydrogens is 554 g/mol. The molecule has 7 nitrogen and oxygen atoms in total. The highest BCUT2D eigenvalue weighted by Crippen LogP contribution is 2.77. The number of carboxylic acids is 1. The number of hydrogen-bond acceptors (Lipinski definition) is 6. The second-order valence-electron chi connectivity index (χ2n) is 17.8. The number of aliphatic hydroxyl groups excluding tert-OH is 1. The van der Waals surface area contributed by atoms with Gasteiger partial charge in [0.05, 0.1) is 17.9 Å². The Morgan fingerprint density at radius 1 is 0.955 bits per heavy atom. The Bertz CT molecular complexity index is 1250. The Kier molecular flexibility index (Phi) is 8.14. The van der Waals surface area contributed by atoms with Crippen molar-refractivity contribution in [3.05, 3.63) is 11.1 Å². The van der Waals surface area contributed by atoms with Gasteiger partial charge in [0, 0.05) is 23.8 Å². The molecule has 0 radical (unpaired) electrons. The number of nitrogens with two attached hydrogens (primary N) is 1. The van der Waals surface area contributed by atoms with Gasteiger partial charge in [0.25, 0.3) is 0 Å². The molecule has 44 heavy (non-hydrogen) atoms. The Hall–Kier alpha value is -1.73. The Morgan fingerprint density at radius 3 is 2.20 bits per heavy atom. The molecule has 9 atom stereocenters. The number of aliphatic hydroxyl groups is 1. The maximum Gasteiger partial charge on any atom is 0.309 e. The van der Waals surface area contributed by atoms with Gasteiger partial charge >= 0.3 is 11.9 Å². The van der Waals surface area contributed by atoms with Crippen molar-refractivity contribution in [1.82, 2.24) is 0 Å². The molecule has 0 bridgehead atoms. The summed E-state index contributed by atoms with van der Waals surface area (Å²) in [5, 5.41) is 20.9. The number of rotatable bonds is 7. The lowest BCUT2D eigenvalue weighted by Gasteiger charge is -2.72. The van der Waals surface area contributed by atoms with Crippen LogP contribution in [0.1, 0.15) is 127 Å². The fourth-order valence-electron chi connectivity index (χ4n) is 12.1. The van der Waals surface area contributed by atoms with Gasteiger partial charge in [-0.15, -0.1) is 0 Å². The number of ketones is 1. The van der Waals surface area contributed by atoms with E-state index < -0.39 is 28.9 Å². The minimum Gasteiger partial charge on any atom is -0.481 e. The highest BCUT2D eigenvalue weighted by atomic mass is 16.5. The normalized spacial score (nSPS) is 42.2. The molecule has 0 spiro atoms. The minimum absolute atomic E-state index is 0.0116. The third-order valence-corrected chi connectivity index (χ3v) is 14.7. The molecule has 9 unspecified atom stereocenters. The monoisotopic (exact) mass is 613 g/mol. The number of fused-ring (bicyclic) bond motifs is 7. The molecule has 248 valence electrons. The smallest absolute Gasteiger partial charge is 0.309 e. The Morgan fingerprint density at radius 2 is 1.61 bits per heavy atom. The molecule has 7 heteroatoms. The van der Waals surface area contributed by atoms with Crippen LogP contribution in [0.4, 0.5) is 0 Å². The SMILES string of the molecule is CC(C)C1=C2C3CCC4C5(C)CCC(OC(=O)CC(C)(C)C(=O)O)C(C)(C)C5CCC4(C)C3(C)CCC2(C(O)CN)CC1=O. The van der Waals surface area contributed by atoms with E-state index in [9.17, 15) is 24.6 Å². The summed E-state index contributed by atoms with van der Waals surface area (Å²) in [6, 6.07) is 0. The summed E-state index contributed by atoms with van der Waals surface area (Å²) in [7, 11) is 0. The summed E-state index contributed by atoms with van der Waals surface area (Å²) in [5.41, 5.74) is 6.62. The lowest BCUT2D eigenvalue weighted by atomic mass is 9.33. The van der Waals surface area contributed by atoms with E-state index in [4.69, 9.17) is 10.5 Å². The van der Waals surface area contributed by atoms with Crippen LogP contribution < -0.4 is 5.73 Å². The van der Waals surface area contributed by atoms with Gasteiger partial charge in [-0.3, -0.25) is 14.4 Å². The standard InChI is InChI=1S/C37H59NO6/c1-21(2)29-23(39)18-37(26(40)20-38)17-16-35(8)22(30(29)37)10-11-25-34(7)14-13-27(44-28(41)19-32(3,4)31(42)43)33(5,6)24(34)12-15-36(25,35)9/h21-22,24-27,40H,10-20,38H2,1-9H3,(H,42,43). The predicted molar refractivity (Wildman–Crippen MR) is 170 cm³/mol. The van der Waals surface area contributed by atoms with Gasteiger partial charge in [0.15, 0.2) is 5.78 Å². The van der Waals surface area contributed by atoms with Gasteiger partial charge in [-0.1, -0.05) is 54.0 Å². The van der Waals surface area contributed by atoms with Crippen LogP contribution in [0.25, 0.3) is 0 Å². The maximum atomic E-state index is 13.6. The van der Waals surface area contributed by atoms with Gasteiger partial charge in [-0.25, -0.2) is 0 Å². The largest absolute Gasteiger partial charge is 0.481 e. The van der Waals surface area contributed by atoms with E-state index in [1.165, 1.54) is 5.57 Å². The summed E-state index contributed by atoms with van der Waals surface area (Å²) in [6.07, 6.45) is 7.19. The minimum atomic E-state index is -1.16. The number of ether oxygens (including phenoxy) is 1. The number of aliphatic carboxylic acids is 1. The van der Waals surface area contributed by atoms with E-state index in [0.29, 0.717) is 18.3 Å². The molecule has 0 aromatic rings. The van der Waals surface area contributed by atoms with E-state index in [0.717, 1.165) is 56.9 Å². The molecule has 0 saturated heterocycles. The molecule has 0 aromatic carbocycles. The number of carbonyl (C=O) groups is 3. The molecule has 5 rings (SSSR count). The molecule has 5 aliphatic carbocycles. The fourth-order valence-corrected chi connectivity index (χ4v) is 12.1. The van der Waals surface area contributed by atoms with Gasteiger partial charge in [-0.2, -0.15) is 0 Å². The van der Waals surface area contributed by atoms with Crippen LogP contribution in [-0.2, 0) is 19.1 Å². The summed E-state index contributed by atoms with van der Waals surface area (Å²) in [4.78, 5) is 38.2. The number of carboxylic acid groups (broad SMARTS) is 1. The van der Waals surface area contributed by atoms with Crippen molar-refractivity contribution in [2.45, 2.75) is 139 Å². The first kappa shape index (κ1) is 33.6. The Balaban J connectivity index is 1.46. The van der Waals surface area contributed by atoms with E-state index in [2.05, 4.69) is 48.5 Å². The van der Waals surface area contributed by atoms with E-state index in [-0.39, 0.29) is 58.3 Å². The van der Waals surface area contributed by atoms with Crippen molar-refractivity contribution in [3.8, 4) is 0 Å². The molecule has 4 saturated carbocycles. The second-order valence-corrected chi connectivity index (χ2v) is 17.8. The highest BCUT2D eigenvalue weighted by molar-refractivity contribution is 6.00. The van der Waals surface area contributed by atoms with Gasteiger partial charge in [0.2, 0.25) is 0 Å². The first-order valence-corrected chi connectivity index (χ1v) is 17.3. The average molecular weight is 614 g/mol. The maximum absolute atomic E-state index is 13.6. The molecule has 0 aromatic heterocycles. The predicted octanol–water partition coefficient (Wildman–Crippen LogP) is 6.70. The molecule has 0 aliphatic heterocycles. The summed E-state index contributed by atoms with van der Waals surface area (Å²) >= 11 is 0. The zero-order valence-electron chi connectivity index (χ0n) is 28.8. The van der Waals surface area contributed by atoms with Crippen molar-refractivity contribution in [3.63, 3.8) is 0 Å². The molecule has 0 heterocycles. The summed E-state index contributed by atoms with van der Waals surface area (Å²) < 4.78 is 6.12. The topological polar surface area (TPSA) is 127 Å². The van der Waals surface area contributed by atoms with Crippen LogP contribution >= 0.6 is 0 Å². The molecule has 0 amide bonds. The van der Waals surface area contributed by atoms with Crippen LogP contribution in [0.3, 0.4) is 0 Å². The van der Waals surface area contributed by atoms with Crippen LogP contribution in [0.2, 0.25) is 0 Å². The van der Waals surface area contributed by atoms with E-state index in [1.807, 2.05) is 0 Å². The number of Topliss-reactive ketones (excluding diaryl/α,β-unsaturated/α-hetero) is 1. The summed E-state index contributed by atoms with van der Waals surface area (Å²) in [5.74, 6) is 0.0956. The highest BCUT2D eigenvalue weighted by Gasteiger charge is 2.70. The number of carbonyl (C=O) groups excluding carboxylic acids is 2. The van der Waals surface area contributed by atoms with Gasteiger partial charge < -0.3 is 20.7 Å². The first-order chi connectivity index (χ1) is 20.2.